The summed E-state index contributed by atoms with van der Waals surface area (Å²) < 4.78 is 10.6. The van der Waals surface area contributed by atoms with Crippen LogP contribution in [0.3, 0.4) is 0 Å². The Morgan fingerprint density at radius 2 is 2.09 bits per heavy atom. The predicted octanol–water partition coefficient (Wildman–Crippen LogP) is 5.69. The molecule has 1 amide bonds. The van der Waals surface area contributed by atoms with Crippen LogP contribution in [-0.2, 0) is 14.3 Å². The van der Waals surface area contributed by atoms with Gasteiger partial charge in [-0.2, -0.15) is 0 Å². The van der Waals surface area contributed by atoms with Crippen LogP contribution in [0, 0.1) is 6.92 Å². The minimum Gasteiger partial charge on any atom is -0.496 e. The highest BCUT2D eigenvalue weighted by molar-refractivity contribution is 7.99. The number of allylic oxidation sites excluding steroid dienone is 2. The largest absolute Gasteiger partial charge is 0.496 e. The van der Waals surface area contributed by atoms with Crippen LogP contribution in [0.4, 0.5) is 5.00 Å². The zero-order valence-corrected chi connectivity index (χ0v) is 19.8. The van der Waals surface area contributed by atoms with Crippen molar-refractivity contribution in [3.63, 3.8) is 0 Å². The van der Waals surface area contributed by atoms with Crippen molar-refractivity contribution in [1.82, 2.24) is 4.98 Å². The number of fused-ring (bicyclic) bond motifs is 1. The number of aromatic nitrogens is 1. The van der Waals surface area contributed by atoms with E-state index < -0.39 is 5.97 Å². The molecule has 3 aromatic rings. The van der Waals surface area contributed by atoms with Crippen molar-refractivity contribution >= 4 is 56.6 Å². The molecule has 3 rings (SSSR count). The first-order valence-corrected chi connectivity index (χ1v) is 11.8. The van der Waals surface area contributed by atoms with Gasteiger partial charge in [-0.25, -0.2) is 9.78 Å². The molecule has 0 bridgehead atoms. The molecule has 1 aromatic carbocycles. The van der Waals surface area contributed by atoms with Crippen LogP contribution in [0.1, 0.15) is 28.4 Å². The minimum absolute atomic E-state index is 0.153. The summed E-state index contributed by atoms with van der Waals surface area (Å²) in [5.41, 5.74) is 2.81. The van der Waals surface area contributed by atoms with E-state index in [9.17, 15) is 9.59 Å². The molecule has 166 valence electrons. The molecule has 0 atom stereocenters. The first kappa shape index (κ1) is 23.6. The number of benzene rings is 1. The zero-order valence-electron chi connectivity index (χ0n) is 18.1. The zero-order chi connectivity index (χ0) is 23.1. The lowest BCUT2D eigenvalue weighted by Crippen LogP contribution is -2.17. The summed E-state index contributed by atoms with van der Waals surface area (Å²) in [6.07, 6.45) is 3.22. The van der Waals surface area contributed by atoms with Crippen LogP contribution in [0.25, 0.3) is 16.7 Å². The number of hydrogen-bond donors (Lipinski definition) is 1. The standard InChI is InChI=1S/C24H24N2O4S2/c1-5-9-19(29-4)17-13-32-23(22(17)24(28)30-6-2)26-20(27)14-31-21-12-15(3)16-10-7-8-11-18(16)25-21/h5,7-13H,1,6,14H2,2-4H3,(H,26,27)/b19-9-. The SMILES string of the molecule is C=C/C=C(\OC)c1csc(NC(=O)CSc2cc(C)c3ccccc3n2)c1C(=O)OCC. The van der Waals surface area contributed by atoms with Gasteiger partial charge in [-0.15, -0.1) is 11.3 Å². The Kier molecular flexibility index (Phi) is 8.08. The van der Waals surface area contributed by atoms with E-state index in [1.165, 1.54) is 30.2 Å². The number of thiophene rings is 1. The number of carbonyl (C=O) groups is 2. The Hall–Kier alpha value is -3.10. The lowest BCUT2D eigenvalue weighted by atomic mass is 10.1. The molecule has 0 saturated carbocycles. The summed E-state index contributed by atoms with van der Waals surface area (Å²) in [6, 6.07) is 9.87. The van der Waals surface area contributed by atoms with E-state index in [0.717, 1.165) is 21.5 Å². The Morgan fingerprint density at radius 1 is 1.31 bits per heavy atom. The lowest BCUT2D eigenvalue weighted by molar-refractivity contribution is -0.113. The number of para-hydroxylation sites is 1. The first-order valence-electron chi connectivity index (χ1n) is 9.93. The average Bonchev–Trinajstić information content (AvgIpc) is 3.19. The van der Waals surface area contributed by atoms with Crippen molar-refractivity contribution in [2.75, 3.05) is 24.8 Å². The number of esters is 1. The molecule has 32 heavy (non-hydrogen) atoms. The number of methoxy groups -OCH3 is 1. The molecule has 0 unspecified atom stereocenters. The Balaban J connectivity index is 1.78. The van der Waals surface area contributed by atoms with Crippen LogP contribution in [-0.4, -0.2) is 36.3 Å². The minimum atomic E-state index is -0.523. The van der Waals surface area contributed by atoms with Crippen LogP contribution in [0.5, 0.6) is 0 Å². The molecule has 0 aliphatic heterocycles. The van der Waals surface area contributed by atoms with Crippen molar-refractivity contribution in [2.24, 2.45) is 0 Å². The predicted molar refractivity (Wildman–Crippen MR) is 131 cm³/mol. The maximum absolute atomic E-state index is 12.7. The third-order valence-electron chi connectivity index (χ3n) is 4.53. The van der Waals surface area contributed by atoms with Gasteiger partial charge in [-0.3, -0.25) is 4.79 Å². The van der Waals surface area contributed by atoms with Crippen LogP contribution in [0.2, 0.25) is 0 Å². The van der Waals surface area contributed by atoms with E-state index >= 15 is 0 Å². The number of carbonyl (C=O) groups excluding carboxylic acids is 2. The van der Waals surface area contributed by atoms with Crippen LogP contribution < -0.4 is 5.32 Å². The van der Waals surface area contributed by atoms with E-state index in [1.807, 2.05) is 37.3 Å². The Bertz CT molecular complexity index is 1180. The highest BCUT2D eigenvalue weighted by atomic mass is 32.2. The van der Waals surface area contributed by atoms with Crippen molar-refractivity contribution in [2.45, 2.75) is 18.9 Å². The monoisotopic (exact) mass is 468 g/mol. The number of thioether (sulfide) groups is 1. The van der Waals surface area contributed by atoms with Gasteiger partial charge in [-0.05, 0) is 37.6 Å². The van der Waals surface area contributed by atoms with Crippen LogP contribution in [0.15, 0.2) is 59.5 Å². The van der Waals surface area contributed by atoms with Crippen molar-refractivity contribution < 1.29 is 19.1 Å². The van der Waals surface area contributed by atoms with E-state index in [1.54, 1.807) is 24.5 Å². The molecular formula is C24H24N2O4S2. The second kappa shape index (κ2) is 11.0. The second-order valence-corrected chi connectivity index (χ2v) is 8.55. The summed E-state index contributed by atoms with van der Waals surface area (Å²) in [6.45, 7) is 7.65. The van der Waals surface area contributed by atoms with E-state index in [-0.39, 0.29) is 23.8 Å². The van der Waals surface area contributed by atoms with Crippen molar-refractivity contribution in [3.8, 4) is 0 Å². The quantitative estimate of drug-likeness (QED) is 0.188. The van der Waals surface area contributed by atoms with Gasteiger partial charge in [-0.1, -0.05) is 42.6 Å². The summed E-state index contributed by atoms with van der Waals surface area (Å²) in [4.78, 5) is 29.9. The summed E-state index contributed by atoms with van der Waals surface area (Å²) in [5, 5.41) is 6.86. The fourth-order valence-corrected chi connectivity index (χ4v) is 4.83. The van der Waals surface area contributed by atoms with Gasteiger partial charge in [0.2, 0.25) is 5.91 Å². The van der Waals surface area contributed by atoms with Crippen molar-refractivity contribution in [1.29, 1.82) is 0 Å². The number of amides is 1. The van der Waals surface area contributed by atoms with Gasteiger partial charge < -0.3 is 14.8 Å². The molecule has 0 radical (unpaired) electrons. The molecule has 0 spiro atoms. The molecule has 8 heteroatoms. The first-order chi connectivity index (χ1) is 15.5. The third kappa shape index (κ3) is 5.38. The number of nitrogens with zero attached hydrogens (tertiary/aromatic N) is 1. The lowest BCUT2D eigenvalue weighted by Gasteiger charge is -2.10. The highest BCUT2D eigenvalue weighted by Gasteiger charge is 2.24. The highest BCUT2D eigenvalue weighted by Crippen LogP contribution is 2.34. The van der Waals surface area contributed by atoms with Crippen LogP contribution >= 0.6 is 23.1 Å². The summed E-state index contributed by atoms with van der Waals surface area (Å²) in [7, 11) is 1.51. The van der Waals surface area contributed by atoms with Gasteiger partial charge in [0, 0.05) is 16.3 Å². The number of pyridine rings is 1. The fraction of sp³-hybridized carbons (Fsp3) is 0.208. The van der Waals surface area contributed by atoms with Gasteiger partial charge >= 0.3 is 5.97 Å². The Morgan fingerprint density at radius 3 is 2.81 bits per heavy atom. The smallest absolute Gasteiger partial charge is 0.341 e. The van der Waals surface area contributed by atoms with E-state index in [0.29, 0.717) is 16.3 Å². The number of ether oxygens (including phenoxy) is 2. The molecule has 0 aliphatic rings. The summed E-state index contributed by atoms with van der Waals surface area (Å²) >= 11 is 2.58. The second-order valence-electron chi connectivity index (χ2n) is 6.68. The third-order valence-corrected chi connectivity index (χ3v) is 6.34. The van der Waals surface area contributed by atoms with Gasteiger partial charge in [0.1, 0.15) is 16.3 Å². The number of rotatable bonds is 9. The van der Waals surface area contributed by atoms with Gasteiger partial charge in [0.15, 0.2) is 0 Å². The maximum atomic E-state index is 12.7. The molecule has 0 fully saturated rings. The molecule has 2 aromatic heterocycles. The Labute approximate surface area is 195 Å². The number of aryl methyl sites for hydroxylation is 1. The number of hydrogen-bond acceptors (Lipinski definition) is 7. The average molecular weight is 469 g/mol. The molecule has 6 nitrogen and oxygen atoms in total. The van der Waals surface area contributed by atoms with E-state index in [2.05, 4.69) is 16.9 Å². The van der Waals surface area contributed by atoms with Crippen molar-refractivity contribution in [3.05, 3.63) is 71.1 Å². The fourth-order valence-electron chi connectivity index (χ4n) is 3.11. The number of nitrogens with one attached hydrogen (secondary N) is 1. The maximum Gasteiger partial charge on any atom is 0.341 e. The van der Waals surface area contributed by atoms with E-state index in [4.69, 9.17) is 9.47 Å². The van der Waals surface area contributed by atoms with Gasteiger partial charge in [0.05, 0.1) is 30.0 Å². The normalized spacial score (nSPS) is 11.3. The molecular weight excluding hydrogens is 444 g/mol. The topological polar surface area (TPSA) is 77.5 Å². The molecule has 1 N–H and O–H groups in total. The van der Waals surface area contributed by atoms with Gasteiger partial charge in [0.25, 0.3) is 0 Å². The number of anilines is 1. The molecule has 2 heterocycles. The molecule has 0 aliphatic carbocycles. The summed E-state index contributed by atoms with van der Waals surface area (Å²) in [5.74, 6) is -0.149. The molecule has 0 saturated heterocycles.